The maximum absolute atomic E-state index is 12.2. The molecule has 16 heavy (non-hydrogen) atoms. The van der Waals surface area contributed by atoms with Crippen LogP contribution in [0.4, 0.5) is 0 Å². The topological polar surface area (TPSA) is 40.9 Å². The van der Waals surface area contributed by atoms with E-state index < -0.39 is 0 Å². The van der Waals surface area contributed by atoms with Crippen molar-refractivity contribution in [2.45, 2.75) is 25.7 Å². The summed E-state index contributed by atoms with van der Waals surface area (Å²) in [6.07, 6.45) is 3.89. The molecule has 2 atom stereocenters. The molecule has 0 radical (unpaired) electrons. The first kappa shape index (κ1) is 10.9. The Morgan fingerprint density at radius 2 is 1.88 bits per heavy atom. The van der Waals surface area contributed by atoms with Crippen molar-refractivity contribution in [3.05, 3.63) is 35.9 Å². The first-order valence-corrected chi connectivity index (χ1v) is 5.82. The minimum absolute atomic E-state index is 0.0820. The van der Waals surface area contributed by atoms with Crippen molar-refractivity contribution in [2.75, 3.05) is 0 Å². The molecule has 0 saturated heterocycles. The largest absolute Gasteiger partial charge is 0.294 e. The standard InChI is InChI=1S/C14H15NO/c15-10-12-8-4-5-9-13(12)14(16)11-6-2-1-3-7-11/h1-3,6-7,12-13H,4-5,8-9H2. The van der Waals surface area contributed by atoms with Crippen LogP contribution < -0.4 is 0 Å². The summed E-state index contributed by atoms with van der Waals surface area (Å²) in [5, 5.41) is 9.06. The van der Waals surface area contributed by atoms with Crippen molar-refractivity contribution in [3.8, 4) is 6.07 Å². The fourth-order valence-electron chi connectivity index (χ4n) is 2.42. The average molecular weight is 213 g/mol. The third-order valence-electron chi connectivity index (χ3n) is 3.33. The maximum atomic E-state index is 12.2. The molecular formula is C14H15NO. The van der Waals surface area contributed by atoms with Crippen LogP contribution in [-0.2, 0) is 0 Å². The Kier molecular flexibility index (Phi) is 3.36. The highest BCUT2D eigenvalue weighted by atomic mass is 16.1. The lowest BCUT2D eigenvalue weighted by molar-refractivity contribution is 0.0857. The number of hydrogen-bond acceptors (Lipinski definition) is 2. The predicted octanol–water partition coefficient (Wildman–Crippen LogP) is 3.20. The van der Waals surface area contributed by atoms with E-state index in [-0.39, 0.29) is 17.6 Å². The molecule has 1 saturated carbocycles. The minimum atomic E-state index is -0.0823. The van der Waals surface area contributed by atoms with Crippen molar-refractivity contribution < 1.29 is 4.79 Å². The van der Waals surface area contributed by atoms with Crippen LogP contribution in [0.5, 0.6) is 0 Å². The lowest BCUT2D eigenvalue weighted by atomic mass is 9.76. The molecule has 0 spiro atoms. The molecule has 2 rings (SSSR count). The predicted molar refractivity (Wildman–Crippen MR) is 61.8 cm³/mol. The Labute approximate surface area is 95.9 Å². The van der Waals surface area contributed by atoms with E-state index in [1.54, 1.807) is 0 Å². The molecule has 82 valence electrons. The van der Waals surface area contributed by atoms with Gasteiger partial charge in [-0.1, -0.05) is 43.2 Å². The zero-order chi connectivity index (χ0) is 11.4. The zero-order valence-corrected chi connectivity index (χ0v) is 9.23. The molecule has 0 amide bonds. The summed E-state index contributed by atoms with van der Waals surface area (Å²) in [4.78, 5) is 12.2. The highest BCUT2D eigenvalue weighted by molar-refractivity contribution is 5.98. The SMILES string of the molecule is N#CC1CCCCC1C(=O)c1ccccc1. The van der Waals surface area contributed by atoms with Gasteiger partial charge in [0, 0.05) is 11.5 Å². The lowest BCUT2D eigenvalue weighted by Crippen LogP contribution is -2.26. The molecule has 1 fully saturated rings. The van der Waals surface area contributed by atoms with E-state index in [0.717, 1.165) is 31.2 Å². The van der Waals surface area contributed by atoms with Crippen molar-refractivity contribution in [1.29, 1.82) is 5.26 Å². The summed E-state index contributed by atoms with van der Waals surface area (Å²) >= 11 is 0. The van der Waals surface area contributed by atoms with Gasteiger partial charge in [-0.25, -0.2) is 0 Å². The van der Waals surface area contributed by atoms with E-state index in [0.29, 0.717) is 0 Å². The molecule has 0 N–H and O–H groups in total. The maximum Gasteiger partial charge on any atom is 0.167 e. The van der Waals surface area contributed by atoms with Gasteiger partial charge in [-0.05, 0) is 12.8 Å². The molecule has 2 unspecified atom stereocenters. The monoisotopic (exact) mass is 213 g/mol. The third-order valence-corrected chi connectivity index (χ3v) is 3.33. The number of carbonyl (C=O) groups excluding carboxylic acids is 1. The highest BCUT2D eigenvalue weighted by Crippen LogP contribution is 2.31. The number of Topliss-reactive ketones (excluding diaryl/α,β-unsaturated/α-hetero) is 1. The molecule has 1 aliphatic carbocycles. The molecule has 0 heterocycles. The summed E-state index contributed by atoms with van der Waals surface area (Å²) in [6, 6.07) is 11.6. The van der Waals surface area contributed by atoms with Gasteiger partial charge in [-0.15, -0.1) is 0 Å². The number of carbonyl (C=O) groups is 1. The normalized spacial score (nSPS) is 24.7. The number of benzene rings is 1. The van der Waals surface area contributed by atoms with Gasteiger partial charge in [0.05, 0.1) is 12.0 Å². The van der Waals surface area contributed by atoms with E-state index >= 15 is 0 Å². The molecule has 2 nitrogen and oxygen atoms in total. The number of nitriles is 1. The molecule has 1 aromatic carbocycles. The Hall–Kier alpha value is -1.62. The summed E-state index contributed by atoms with van der Waals surface area (Å²) in [5.41, 5.74) is 0.745. The van der Waals surface area contributed by atoms with Gasteiger partial charge in [-0.2, -0.15) is 5.26 Å². The molecular weight excluding hydrogens is 198 g/mol. The quantitative estimate of drug-likeness (QED) is 0.708. The molecule has 0 aromatic heterocycles. The van der Waals surface area contributed by atoms with Crippen molar-refractivity contribution in [3.63, 3.8) is 0 Å². The number of ketones is 1. The van der Waals surface area contributed by atoms with Crippen LogP contribution in [0.2, 0.25) is 0 Å². The Morgan fingerprint density at radius 1 is 1.19 bits per heavy atom. The van der Waals surface area contributed by atoms with Crippen LogP contribution in [-0.4, -0.2) is 5.78 Å². The first-order valence-electron chi connectivity index (χ1n) is 5.82. The Morgan fingerprint density at radius 3 is 2.56 bits per heavy atom. The minimum Gasteiger partial charge on any atom is -0.294 e. The molecule has 0 aliphatic heterocycles. The van der Waals surface area contributed by atoms with E-state index in [2.05, 4.69) is 6.07 Å². The second-order valence-corrected chi connectivity index (χ2v) is 4.36. The molecule has 1 aromatic rings. The van der Waals surface area contributed by atoms with Gasteiger partial charge >= 0.3 is 0 Å². The van der Waals surface area contributed by atoms with Crippen molar-refractivity contribution in [2.24, 2.45) is 11.8 Å². The van der Waals surface area contributed by atoms with Crippen molar-refractivity contribution >= 4 is 5.78 Å². The smallest absolute Gasteiger partial charge is 0.167 e. The summed E-state index contributed by atoms with van der Waals surface area (Å²) in [7, 11) is 0. The summed E-state index contributed by atoms with van der Waals surface area (Å²) in [6.45, 7) is 0. The van der Waals surface area contributed by atoms with Crippen LogP contribution in [0.15, 0.2) is 30.3 Å². The highest BCUT2D eigenvalue weighted by Gasteiger charge is 2.31. The fourth-order valence-corrected chi connectivity index (χ4v) is 2.42. The van der Waals surface area contributed by atoms with Gasteiger partial charge < -0.3 is 0 Å². The van der Waals surface area contributed by atoms with E-state index in [4.69, 9.17) is 5.26 Å². The number of nitrogens with zero attached hydrogens (tertiary/aromatic N) is 1. The van der Waals surface area contributed by atoms with Crippen LogP contribution in [0.3, 0.4) is 0 Å². The molecule has 1 aliphatic rings. The van der Waals surface area contributed by atoms with Crippen molar-refractivity contribution in [1.82, 2.24) is 0 Å². The summed E-state index contributed by atoms with van der Waals surface area (Å²) in [5.74, 6) is -0.0190. The number of rotatable bonds is 2. The van der Waals surface area contributed by atoms with Gasteiger partial charge in [-0.3, -0.25) is 4.79 Å². The fraction of sp³-hybridized carbons (Fsp3) is 0.429. The van der Waals surface area contributed by atoms with Gasteiger partial charge in [0.15, 0.2) is 5.78 Å². The third kappa shape index (κ3) is 2.14. The summed E-state index contributed by atoms with van der Waals surface area (Å²) < 4.78 is 0. The van der Waals surface area contributed by atoms with E-state index in [9.17, 15) is 4.79 Å². The van der Waals surface area contributed by atoms with Gasteiger partial charge in [0.2, 0.25) is 0 Å². The molecule has 0 bridgehead atoms. The Balaban J connectivity index is 2.18. The van der Waals surface area contributed by atoms with Crippen LogP contribution in [0.25, 0.3) is 0 Å². The Bertz CT molecular complexity index is 404. The van der Waals surface area contributed by atoms with Crippen LogP contribution in [0, 0.1) is 23.2 Å². The second kappa shape index (κ2) is 4.94. The zero-order valence-electron chi connectivity index (χ0n) is 9.23. The van der Waals surface area contributed by atoms with Gasteiger partial charge in [0.1, 0.15) is 0 Å². The number of hydrogen-bond donors (Lipinski definition) is 0. The van der Waals surface area contributed by atoms with Crippen LogP contribution in [0.1, 0.15) is 36.0 Å². The molecule has 2 heteroatoms. The van der Waals surface area contributed by atoms with Gasteiger partial charge in [0.25, 0.3) is 0 Å². The van der Waals surface area contributed by atoms with E-state index in [1.807, 2.05) is 30.3 Å². The van der Waals surface area contributed by atoms with E-state index in [1.165, 1.54) is 0 Å². The average Bonchev–Trinajstić information content (AvgIpc) is 2.39. The second-order valence-electron chi connectivity index (χ2n) is 4.36. The first-order chi connectivity index (χ1) is 7.83. The van der Waals surface area contributed by atoms with Crippen LogP contribution >= 0.6 is 0 Å². The lowest BCUT2D eigenvalue weighted by Gasteiger charge is -2.25.